The largest absolute Gasteiger partial charge is 0.376 e. The first-order valence-corrected chi connectivity index (χ1v) is 3.80. The fraction of sp³-hybridized carbons (Fsp3) is 0.875. The van der Waals surface area contributed by atoms with Crippen LogP contribution in [0.2, 0.25) is 0 Å². The van der Waals surface area contributed by atoms with Crippen molar-refractivity contribution in [2.45, 2.75) is 26.4 Å². The van der Waals surface area contributed by atoms with Crippen molar-refractivity contribution < 1.29 is 9.53 Å². The third-order valence-corrected chi connectivity index (χ3v) is 2.77. The lowest BCUT2D eigenvalue weighted by molar-refractivity contribution is -0.159. The van der Waals surface area contributed by atoms with Crippen molar-refractivity contribution in [3.8, 4) is 0 Å². The summed E-state index contributed by atoms with van der Waals surface area (Å²) >= 11 is 0. The molecule has 2 atom stereocenters. The van der Waals surface area contributed by atoms with Crippen LogP contribution >= 0.6 is 0 Å². The fourth-order valence-electron chi connectivity index (χ4n) is 2.09. The molecule has 56 valence electrons. The number of rotatable bonds is 0. The summed E-state index contributed by atoms with van der Waals surface area (Å²) in [6.07, 6.45) is 1.19. The van der Waals surface area contributed by atoms with E-state index in [4.69, 9.17) is 4.74 Å². The number of Topliss-reactive ketones (excluding diaryl/α,β-unsaturated/α-hetero) is 1. The lowest BCUT2D eigenvalue weighted by Gasteiger charge is -2.44. The monoisotopic (exact) mass is 140 g/mol. The molecule has 2 fully saturated rings. The Morgan fingerprint density at radius 3 is 2.90 bits per heavy atom. The molecule has 1 saturated heterocycles. The normalized spacial score (nSPS) is 42.8. The second-order valence-electron chi connectivity index (χ2n) is 3.77. The zero-order valence-electron chi connectivity index (χ0n) is 6.39. The van der Waals surface area contributed by atoms with Crippen LogP contribution < -0.4 is 0 Å². The first kappa shape index (κ1) is 6.35. The Morgan fingerprint density at radius 1 is 1.60 bits per heavy atom. The molecule has 0 aromatic heterocycles. The van der Waals surface area contributed by atoms with Crippen LogP contribution in [-0.4, -0.2) is 18.5 Å². The van der Waals surface area contributed by atoms with E-state index in [2.05, 4.69) is 0 Å². The van der Waals surface area contributed by atoms with Crippen LogP contribution in [0.1, 0.15) is 20.3 Å². The molecular weight excluding hydrogens is 128 g/mol. The van der Waals surface area contributed by atoms with Gasteiger partial charge >= 0.3 is 0 Å². The van der Waals surface area contributed by atoms with Crippen LogP contribution in [0.5, 0.6) is 0 Å². The standard InChI is InChI=1S/C8H12O2/c1-8(2)6(9)5-3-4-10-7(5)8/h5,7H,3-4H2,1-2H3/t5-,7+/m1/s1. The lowest BCUT2D eigenvalue weighted by Crippen LogP contribution is -2.56. The van der Waals surface area contributed by atoms with Crippen LogP contribution in [-0.2, 0) is 9.53 Å². The van der Waals surface area contributed by atoms with E-state index in [1.54, 1.807) is 0 Å². The molecule has 0 aromatic carbocycles. The van der Waals surface area contributed by atoms with E-state index in [9.17, 15) is 4.79 Å². The maximum atomic E-state index is 11.3. The van der Waals surface area contributed by atoms with Crippen molar-refractivity contribution in [1.29, 1.82) is 0 Å². The third-order valence-electron chi connectivity index (χ3n) is 2.77. The number of hydrogen-bond donors (Lipinski definition) is 0. The molecule has 0 bridgehead atoms. The highest BCUT2D eigenvalue weighted by molar-refractivity contribution is 5.94. The first-order chi connectivity index (χ1) is 4.64. The Morgan fingerprint density at radius 2 is 2.30 bits per heavy atom. The minimum Gasteiger partial charge on any atom is -0.376 e. The molecule has 2 heteroatoms. The molecule has 2 rings (SSSR count). The first-order valence-electron chi connectivity index (χ1n) is 3.80. The zero-order valence-corrected chi connectivity index (χ0v) is 6.39. The van der Waals surface area contributed by atoms with Gasteiger partial charge in [0.25, 0.3) is 0 Å². The SMILES string of the molecule is CC1(C)C(=O)[C@H]2CCO[C@@H]21. The predicted octanol–water partition coefficient (Wildman–Crippen LogP) is 1.00. The summed E-state index contributed by atoms with van der Waals surface area (Å²) in [4.78, 5) is 11.3. The van der Waals surface area contributed by atoms with Gasteiger partial charge in [-0.2, -0.15) is 0 Å². The average molecular weight is 140 g/mol. The van der Waals surface area contributed by atoms with Crippen molar-refractivity contribution in [2.75, 3.05) is 6.61 Å². The second kappa shape index (κ2) is 1.62. The predicted molar refractivity (Wildman–Crippen MR) is 36.6 cm³/mol. The van der Waals surface area contributed by atoms with Crippen molar-refractivity contribution in [1.82, 2.24) is 0 Å². The molecule has 2 nitrogen and oxygen atoms in total. The van der Waals surface area contributed by atoms with Crippen LogP contribution in [0, 0.1) is 11.3 Å². The Kier molecular flexibility index (Phi) is 1.03. The summed E-state index contributed by atoms with van der Waals surface area (Å²) in [6, 6.07) is 0. The van der Waals surface area contributed by atoms with E-state index in [0.717, 1.165) is 13.0 Å². The summed E-state index contributed by atoms with van der Waals surface area (Å²) in [7, 11) is 0. The Hall–Kier alpha value is -0.370. The van der Waals surface area contributed by atoms with E-state index in [-0.39, 0.29) is 17.4 Å². The van der Waals surface area contributed by atoms with E-state index in [1.807, 2.05) is 13.8 Å². The van der Waals surface area contributed by atoms with Gasteiger partial charge in [-0.1, -0.05) is 13.8 Å². The zero-order chi connectivity index (χ0) is 7.35. The minimum absolute atomic E-state index is 0.179. The molecular formula is C8H12O2. The van der Waals surface area contributed by atoms with Gasteiger partial charge in [-0.25, -0.2) is 0 Å². The number of carbonyl (C=O) groups excluding carboxylic acids is 1. The number of ether oxygens (including phenoxy) is 1. The Balaban J connectivity index is 2.23. The highest BCUT2D eigenvalue weighted by Crippen LogP contribution is 2.48. The number of hydrogen-bond acceptors (Lipinski definition) is 2. The van der Waals surface area contributed by atoms with Gasteiger partial charge in [0.15, 0.2) is 0 Å². The summed E-state index contributed by atoms with van der Waals surface area (Å²) in [5.41, 5.74) is -0.179. The Bertz CT molecular complexity index is 184. The molecule has 0 N–H and O–H groups in total. The van der Waals surface area contributed by atoms with Crippen molar-refractivity contribution >= 4 is 5.78 Å². The molecule has 0 spiro atoms. The molecule has 0 unspecified atom stereocenters. The van der Waals surface area contributed by atoms with Crippen LogP contribution in [0.4, 0.5) is 0 Å². The molecule has 10 heavy (non-hydrogen) atoms. The van der Waals surface area contributed by atoms with E-state index < -0.39 is 0 Å². The molecule has 0 aromatic rings. The van der Waals surface area contributed by atoms with Gasteiger partial charge in [0.1, 0.15) is 5.78 Å². The van der Waals surface area contributed by atoms with Gasteiger partial charge in [-0.05, 0) is 6.42 Å². The fourth-order valence-corrected chi connectivity index (χ4v) is 2.09. The molecule has 0 radical (unpaired) electrons. The van der Waals surface area contributed by atoms with Gasteiger partial charge in [0, 0.05) is 12.5 Å². The van der Waals surface area contributed by atoms with Gasteiger partial charge in [0.2, 0.25) is 0 Å². The molecule has 1 aliphatic heterocycles. The summed E-state index contributed by atoms with van der Waals surface area (Å²) < 4.78 is 5.42. The molecule has 1 saturated carbocycles. The topological polar surface area (TPSA) is 26.3 Å². The quantitative estimate of drug-likeness (QED) is 0.501. The molecule has 1 heterocycles. The second-order valence-corrected chi connectivity index (χ2v) is 3.77. The van der Waals surface area contributed by atoms with Gasteiger partial charge < -0.3 is 4.74 Å². The van der Waals surface area contributed by atoms with Crippen molar-refractivity contribution in [3.63, 3.8) is 0 Å². The molecule has 0 amide bonds. The molecule has 2 aliphatic rings. The van der Waals surface area contributed by atoms with Gasteiger partial charge in [-0.15, -0.1) is 0 Å². The number of carbonyl (C=O) groups is 1. The van der Waals surface area contributed by atoms with E-state index in [0.29, 0.717) is 5.78 Å². The van der Waals surface area contributed by atoms with E-state index >= 15 is 0 Å². The summed E-state index contributed by atoms with van der Waals surface area (Å²) in [5.74, 6) is 0.644. The molecule has 1 aliphatic carbocycles. The van der Waals surface area contributed by atoms with Crippen LogP contribution in [0.3, 0.4) is 0 Å². The average Bonchev–Trinajstić information content (AvgIpc) is 2.31. The van der Waals surface area contributed by atoms with E-state index in [1.165, 1.54) is 0 Å². The maximum absolute atomic E-state index is 11.3. The minimum atomic E-state index is -0.179. The maximum Gasteiger partial charge on any atom is 0.146 e. The Labute approximate surface area is 60.6 Å². The lowest BCUT2D eigenvalue weighted by atomic mass is 9.60. The highest BCUT2D eigenvalue weighted by atomic mass is 16.5. The van der Waals surface area contributed by atoms with Crippen molar-refractivity contribution in [3.05, 3.63) is 0 Å². The number of fused-ring (bicyclic) bond motifs is 1. The highest BCUT2D eigenvalue weighted by Gasteiger charge is 2.58. The van der Waals surface area contributed by atoms with Crippen LogP contribution in [0.15, 0.2) is 0 Å². The third kappa shape index (κ3) is 0.511. The number of ketones is 1. The van der Waals surface area contributed by atoms with Crippen LogP contribution in [0.25, 0.3) is 0 Å². The summed E-state index contributed by atoms with van der Waals surface area (Å²) in [5, 5.41) is 0. The van der Waals surface area contributed by atoms with Gasteiger partial charge in [-0.3, -0.25) is 4.79 Å². The van der Waals surface area contributed by atoms with Crippen molar-refractivity contribution in [2.24, 2.45) is 11.3 Å². The van der Waals surface area contributed by atoms with Gasteiger partial charge in [0.05, 0.1) is 11.5 Å². The summed E-state index contributed by atoms with van der Waals surface area (Å²) in [6.45, 7) is 4.73. The smallest absolute Gasteiger partial charge is 0.146 e.